The van der Waals surface area contributed by atoms with Crippen LogP contribution in [0.3, 0.4) is 0 Å². The number of oxime groups is 1. The maximum absolute atomic E-state index is 5.38. The van der Waals surface area contributed by atoms with Gasteiger partial charge >= 0.3 is 0 Å². The van der Waals surface area contributed by atoms with Gasteiger partial charge in [-0.25, -0.2) is 0 Å². The Morgan fingerprint density at radius 3 is 2.71 bits per heavy atom. The number of benzene rings is 1. The first-order valence-electron chi connectivity index (χ1n) is 5.35. The van der Waals surface area contributed by atoms with Gasteiger partial charge < -0.3 is 9.25 Å². The van der Waals surface area contributed by atoms with E-state index in [1.807, 2.05) is 36.4 Å². The molecule has 86 valence electrons. The third-order valence-electron chi connectivity index (χ3n) is 2.71. The maximum Gasteiger partial charge on any atom is 0.190 e. The van der Waals surface area contributed by atoms with Crippen molar-refractivity contribution in [2.45, 2.75) is 12.5 Å². The summed E-state index contributed by atoms with van der Waals surface area (Å²) in [4.78, 5) is 5.38. The van der Waals surface area contributed by atoms with Crippen LogP contribution >= 0.6 is 15.9 Å². The first-order valence-corrected chi connectivity index (χ1v) is 6.14. The standard InChI is InChI=1S/C13H10BrNO2/c14-10-5-3-9(4-6-10)11-8-13(17-15-11)12-2-1-7-16-12/h1-7,13H,8H2. The third-order valence-corrected chi connectivity index (χ3v) is 3.24. The van der Waals surface area contributed by atoms with Crippen LogP contribution in [0.15, 0.2) is 56.7 Å². The summed E-state index contributed by atoms with van der Waals surface area (Å²) in [6.45, 7) is 0. The van der Waals surface area contributed by atoms with E-state index >= 15 is 0 Å². The molecule has 0 saturated carbocycles. The molecule has 0 bridgehead atoms. The van der Waals surface area contributed by atoms with E-state index in [-0.39, 0.29) is 6.10 Å². The average molecular weight is 292 g/mol. The predicted octanol–water partition coefficient (Wildman–Crippen LogP) is 3.91. The van der Waals surface area contributed by atoms with Gasteiger partial charge in [0.2, 0.25) is 0 Å². The highest BCUT2D eigenvalue weighted by Gasteiger charge is 2.25. The number of hydrogen-bond acceptors (Lipinski definition) is 3. The van der Waals surface area contributed by atoms with Crippen LogP contribution in [0.1, 0.15) is 23.8 Å². The Bertz CT molecular complexity index is 531. The minimum absolute atomic E-state index is 0.0938. The Balaban J connectivity index is 1.77. The van der Waals surface area contributed by atoms with E-state index in [9.17, 15) is 0 Å². The van der Waals surface area contributed by atoms with E-state index in [1.54, 1.807) is 6.26 Å². The SMILES string of the molecule is Brc1ccc(C2=NOC(c3ccco3)C2)cc1. The van der Waals surface area contributed by atoms with Crippen molar-refractivity contribution in [2.24, 2.45) is 5.16 Å². The van der Waals surface area contributed by atoms with Gasteiger partial charge in [-0.05, 0) is 29.8 Å². The van der Waals surface area contributed by atoms with Gasteiger partial charge in [0.05, 0.1) is 12.0 Å². The Morgan fingerprint density at radius 1 is 1.18 bits per heavy atom. The number of halogens is 1. The van der Waals surface area contributed by atoms with Crippen LogP contribution in [0.25, 0.3) is 0 Å². The minimum Gasteiger partial charge on any atom is -0.465 e. The lowest BCUT2D eigenvalue weighted by molar-refractivity contribution is 0.0689. The largest absolute Gasteiger partial charge is 0.465 e. The number of nitrogens with zero attached hydrogens (tertiary/aromatic N) is 1. The summed E-state index contributed by atoms with van der Waals surface area (Å²) in [5.41, 5.74) is 2.04. The molecular formula is C13H10BrNO2. The predicted molar refractivity (Wildman–Crippen MR) is 67.8 cm³/mol. The number of furan rings is 1. The van der Waals surface area contributed by atoms with Crippen LogP contribution < -0.4 is 0 Å². The summed E-state index contributed by atoms with van der Waals surface area (Å²) < 4.78 is 6.37. The molecule has 0 saturated heterocycles. The fraction of sp³-hybridized carbons (Fsp3) is 0.154. The molecule has 2 aromatic rings. The van der Waals surface area contributed by atoms with Crippen LogP contribution in [-0.2, 0) is 4.84 Å². The van der Waals surface area contributed by atoms with Gasteiger partial charge in [-0.2, -0.15) is 0 Å². The second kappa shape index (κ2) is 4.37. The van der Waals surface area contributed by atoms with E-state index in [4.69, 9.17) is 9.25 Å². The van der Waals surface area contributed by atoms with E-state index in [2.05, 4.69) is 21.1 Å². The molecule has 3 nitrogen and oxygen atoms in total. The second-order valence-corrected chi connectivity index (χ2v) is 4.77. The highest BCUT2D eigenvalue weighted by atomic mass is 79.9. The van der Waals surface area contributed by atoms with E-state index in [0.29, 0.717) is 0 Å². The molecule has 1 aromatic carbocycles. The fourth-order valence-corrected chi connectivity index (χ4v) is 2.08. The first-order chi connectivity index (χ1) is 8.33. The molecule has 0 N–H and O–H groups in total. The van der Waals surface area contributed by atoms with Crippen molar-refractivity contribution in [3.8, 4) is 0 Å². The molecule has 0 amide bonds. The molecule has 1 atom stereocenters. The van der Waals surface area contributed by atoms with E-state index in [0.717, 1.165) is 27.9 Å². The topological polar surface area (TPSA) is 34.7 Å². The van der Waals surface area contributed by atoms with Crippen LogP contribution in [0.2, 0.25) is 0 Å². The Kier molecular flexibility index (Phi) is 2.73. The van der Waals surface area contributed by atoms with Crippen molar-refractivity contribution < 1.29 is 9.25 Å². The lowest BCUT2D eigenvalue weighted by Gasteiger charge is -2.03. The molecule has 1 aliphatic rings. The van der Waals surface area contributed by atoms with Crippen LogP contribution in [-0.4, -0.2) is 5.71 Å². The zero-order chi connectivity index (χ0) is 11.7. The lowest BCUT2D eigenvalue weighted by Crippen LogP contribution is -2.00. The summed E-state index contributed by atoms with van der Waals surface area (Å²) in [7, 11) is 0. The van der Waals surface area contributed by atoms with Crippen molar-refractivity contribution >= 4 is 21.6 Å². The third kappa shape index (κ3) is 2.13. The molecule has 1 aliphatic heterocycles. The molecule has 0 aliphatic carbocycles. The highest BCUT2D eigenvalue weighted by Crippen LogP contribution is 2.29. The summed E-state index contributed by atoms with van der Waals surface area (Å²) in [5, 5.41) is 4.11. The molecule has 0 spiro atoms. The molecule has 17 heavy (non-hydrogen) atoms. The molecule has 4 heteroatoms. The normalized spacial score (nSPS) is 18.9. The molecule has 1 aromatic heterocycles. The van der Waals surface area contributed by atoms with Gasteiger partial charge in [-0.15, -0.1) is 0 Å². The van der Waals surface area contributed by atoms with Crippen LogP contribution in [0.5, 0.6) is 0 Å². The van der Waals surface area contributed by atoms with Crippen LogP contribution in [0.4, 0.5) is 0 Å². The van der Waals surface area contributed by atoms with Gasteiger partial charge in [0.15, 0.2) is 6.10 Å². The Labute approximate surface area is 107 Å². The summed E-state index contributed by atoms with van der Waals surface area (Å²) >= 11 is 3.41. The monoisotopic (exact) mass is 291 g/mol. The van der Waals surface area contributed by atoms with Crippen molar-refractivity contribution in [1.29, 1.82) is 0 Å². The zero-order valence-corrected chi connectivity index (χ0v) is 10.6. The van der Waals surface area contributed by atoms with Crippen molar-refractivity contribution in [1.82, 2.24) is 0 Å². The van der Waals surface area contributed by atoms with Gasteiger partial charge in [0.25, 0.3) is 0 Å². The van der Waals surface area contributed by atoms with Gasteiger partial charge in [0, 0.05) is 10.9 Å². The Hall–Kier alpha value is -1.55. The summed E-state index contributed by atoms with van der Waals surface area (Å²) in [6.07, 6.45) is 2.30. The van der Waals surface area contributed by atoms with Gasteiger partial charge in [-0.3, -0.25) is 0 Å². The van der Waals surface area contributed by atoms with Gasteiger partial charge in [0.1, 0.15) is 5.76 Å². The molecule has 3 rings (SSSR count). The maximum atomic E-state index is 5.38. The number of rotatable bonds is 2. The van der Waals surface area contributed by atoms with E-state index in [1.165, 1.54) is 0 Å². The zero-order valence-electron chi connectivity index (χ0n) is 8.97. The van der Waals surface area contributed by atoms with E-state index < -0.39 is 0 Å². The molecule has 1 unspecified atom stereocenters. The molecule has 0 fully saturated rings. The molecule has 2 heterocycles. The summed E-state index contributed by atoms with van der Waals surface area (Å²) in [5.74, 6) is 0.820. The lowest BCUT2D eigenvalue weighted by atomic mass is 10.0. The first kappa shape index (κ1) is 10.6. The quantitative estimate of drug-likeness (QED) is 0.841. The van der Waals surface area contributed by atoms with Crippen LogP contribution in [0, 0.1) is 0 Å². The fourth-order valence-electron chi connectivity index (χ4n) is 1.82. The molecular weight excluding hydrogens is 282 g/mol. The summed E-state index contributed by atoms with van der Waals surface area (Å²) in [6, 6.07) is 11.8. The Morgan fingerprint density at radius 2 is 2.00 bits per heavy atom. The van der Waals surface area contributed by atoms with Gasteiger partial charge in [-0.1, -0.05) is 33.2 Å². The average Bonchev–Trinajstić information content (AvgIpc) is 3.00. The van der Waals surface area contributed by atoms with Crippen molar-refractivity contribution in [2.75, 3.05) is 0 Å². The molecule has 0 radical (unpaired) electrons. The highest BCUT2D eigenvalue weighted by molar-refractivity contribution is 9.10. The minimum atomic E-state index is -0.0938. The second-order valence-electron chi connectivity index (χ2n) is 3.86. The van der Waals surface area contributed by atoms with Crippen molar-refractivity contribution in [3.63, 3.8) is 0 Å². The van der Waals surface area contributed by atoms with Crippen molar-refractivity contribution in [3.05, 3.63) is 58.5 Å². The number of hydrogen-bond donors (Lipinski definition) is 0. The smallest absolute Gasteiger partial charge is 0.190 e.